The molecule has 0 bridgehead atoms. The highest BCUT2D eigenvalue weighted by Gasteiger charge is 2.32. The molecule has 4 aromatic heterocycles. The molecular formula is C22H18F3N5O. The molecule has 0 aromatic carbocycles. The van der Waals surface area contributed by atoms with Crippen LogP contribution in [-0.4, -0.2) is 25.6 Å². The van der Waals surface area contributed by atoms with Crippen molar-refractivity contribution in [3.8, 4) is 16.9 Å². The van der Waals surface area contributed by atoms with Crippen LogP contribution in [0.3, 0.4) is 0 Å². The van der Waals surface area contributed by atoms with Crippen LogP contribution < -0.4 is 10.9 Å². The van der Waals surface area contributed by atoms with Gasteiger partial charge in [0.25, 0.3) is 5.56 Å². The van der Waals surface area contributed by atoms with Gasteiger partial charge in [-0.15, -0.1) is 0 Å². The lowest BCUT2D eigenvalue weighted by Gasteiger charge is -2.14. The van der Waals surface area contributed by atoms with Crippen molar-refractivity contribution in [1.29, 1.82) is 0 Å². The first-order valence-corrected chi connectivity index (χ1v) is 9.77. The van der Waals surface area contributed by atoms with Gasteiger partial charge in [0, 0.05) is 61.7 Å². The van der Waals surface area contributed by atoms with Gasteiger partial charge in [0.1, 0.15) is 17.2 Å². The second-order valence-corrected chi connectivity index (χ2v) is 7.51. The van der Waals surface area contributed by atoms with Crippen molar-refractivity contribution in [2.75, 3.05) is 6.54 Å². The van der Waals surface area contributed by atoms with E-state index in [0.29, 0.717) is 16.9 Å². The predicted molar refractivity (Wildman–Crippen MR) is 110 cm³/mol. The van der Waals surface area contributed by atoms with Gasteiger partial charge >= 0.3 is 6.18 Å². The summed E-state index contributed by atoms with van der Waals surface area (Å²) >= 11 is 0. The lowest BCUT2D eigenvalue weighted by Crippen LogP contribution is -2.24. The Hall–Kier alpha value is -3.46. The molecule has 0 atom stereocenters. The fourth-order valence-electron chi connectivity index (χ4n) is 4.07. The van der Waals surface area contributed by atoms with Crippen molar-refractivity contribution < 1.29 is 13.2 Å². The maximum atomic E-state index is 12.8. The Morgan fingerprint density at radius 3 is 2.65 bits per heavy atom. The minimum absolute atomic E-state index is 0.329. The number of hydrogen-bond acceptors (Lipinski definition) is 4. The van der Waals surface area contributed by atoms with Crippen molar-refractivity contribution in [1.82, 2.24) is 24.4 Å². The SMILES string of the molecule is Cn1c2c(c3ccc(-n4ccc(-c5ccc(C(F)(F)F)nc5)cc4=O)nc31)CNCC2. The molecule has 1 aliphatic rings. The lowest BCUT2D eigenvalue weighted by atomic mass is 10.1. The Kier molecular flexibility index (Phi) is 4.44. The van der Waals surface area contributed by atoms with Crippen molar-refractivity contribution in [3.63, 3.8) is 0 Å². The van der Waals surface area contributed by atoms with E-state index >= 15 is 0 Å². The summed E-state index contributed by atoms with van der Waals surface area (Å²) in [6.45, 7) is 1.72. The molecule has 158 valence electrons. The molecular weight excluding hydrogens is 407 g/mol. The third-order valence-electron chi connectivity index (χ3n) is 5.65. The van der Waals surface area contributed by atoms with Crippen molar-refractivity contribution >= 4 is 11.0 Å². The highest BCUT2D eigenvalue weighted by molar-refractivity contribution is 5.83. The van der Waals surface area contributed by atoms with Gasteiger partial charge in [-0.05, 0) is 35.4 Å². The minimum atomic E-state index is -4.50. The molecule has 6 nitrogen and oxygen atoms in total. The van der Waals surface area contributed by atoms with Crippen LogP contribution in [0.25, 0.3) is 28.0 Å². The van der Waals surface area contributed by atoms with E-state index in [9.17, 15) is 18.0 Å². The number of nitrogens with one attached hydrogen (secondary N) is 1. The number of aromatic nitrogens is 4. The summed E-state index contributed by atoms with van der Waals surface area (Å²) in [5.41, 5.74) is 2.92. The molecule has 9 heteroatoms. The Morgan fingerprint density at radius 2 is 1.94 bits per heavy atom. The fourth-order valence-corrected chi connectivity index (χ4v) is 4.07. The van der Waals surface area contributed by atoms with Crippen molar-refractivity contribution in [3.05, 3.63) is 76.1 Å². The Balaban J connectivity index is 1.52. The fraction of sp³-hybridized carbons (Fsp3) is 0.227. The van der Waals surface area contributed by atoms with E-state index in [1.54, 1.807) is 18.3 Å². The van der Waals surface area contributed by atoms with Gasteiger partial charge in [0.15, 0.2) is 0 Å². The zero-order chi connectivity index (χ0) is 21.8. The van der Waals surface area contributed by atoms with Crippen LogP contribution >= 0.6 is 0 Å². The number of aryl methyl sites for hydroxylation is 1. The quantitative estimate of drug-likeness (QED) is 0.534. The van der Waals surface area contributed by atoms with Gasteiger partial charge in [0.05, 0.1) is 0 Å². The van der Waals surface area contributed by atoms with Gasteiger partial charge in [-0.3, -0.25) is 14.3 Å². The van der Waals surface area contributed by atoms with Crippen LogP contribution in [0, 0.1) is 0 Å². The highest BCUT2D eigenvalue weighted by atomic mass is 19.4. The zero-order valence-electron chi connectivity index (χ0n) is 16.6. The second-order valence-electron chi connectivity index (χ2n) is 7.51. The molecule has 0 saturated heterocycles. The Morgan fingerprint density at radius 1 is 1.10 bits per heavy atom. The summed E-state index contributed by atoms with van der Waals surface area (Å²) in [6.07, 6.45) is -0.880. The summed E-state index contributed by atoms with van der Waals surface area (Å²) < 4.78 is 41.6. The van der Waals surface area contributed by atoms with Crippen molar-refractivity contribution in [2.24, 2.45) is 7.05 Å². The molecule has 1 N–H and O–H groups in total. The molecule has 5 rings (SSSR count). The van der Waals surface area contributed by atoms with E-state index < -0.39 is 11.9 Å². The number of hydrogen-bond donors (Lipinski definition) is 1. The first-order chi connectivity index (χ1) is 14.8. The summed E-state index contributed by atoms with van der Waals surface area (Å²) in [6, 6.07) is 9.03. The van der Waals surface area contributed by atoms with Gasteiger partial charge in [0.2, 0.25) is 0 Å². The Labute approximate surface area is 175 Å². The topological polar surface area (TPSA) is 64.7 Å². The lowest BCUT2D eigenvalue weighted by molar-refractivity contribution is -0.141. The largest absolute Gasteiger partial charge is 0.433 e. The van der Waals surface area contributed by atoms with E-state index in [4.69, 9.17) is 4.98 Å². The molecule has 0 fully saturated rings. The molecule has 0 unspecified atom stereocenters. The van der Waals surface area contributed by atoms with Crippen LogP contribution in [0.4, 0.5) is 13.2 Å². The molecule has 0 amide bonds. The second kappa shape index (κ2) is 7.05. The first kappa shape index (κ1) is 19.5. The normalized spacial score (nSPS) is 14.1. The average molecular weight is 425 g/mol. The van der Waals surface area contributed by atoms with Crippen LogP contribution in [0.1, 0.15) is 17.0 Å². The first-order valence-electron chi connectivity index (χ1n) is 9.77. The number of fused-ring (bicyclic) bond motifs is 3. The number of halogens is 3. The summed E-state index contributed by atoms with van der Waals surface area (Å²) in [5, 5.41) is 4.44. The van der Waals surface area contributed by atoms with E-state index in [-0.39, 0.29) is 5.56 Å². The smallest absolute Gasteiger partial charge is 0.332 e. The minimum Gasteiger partial charge on any atom is -0.332 e. The van der Waals surface area contributed by atoms with E-state index in [1.165, 1.54) is 28.0 Å². The van der Waals surface area contributed by atoms with E-state index in [0.717, 1.165) is 42.8 Å². The molecule has 0 aliphatic carbocycles. The molecule has 0 spiro atoms. The van der Waals surface area contributed by atoms with Gasteiger partial charge in [-0.1, -0.05) is 6.07 Å². The number of pyridine rings is 3. The van der Waals surface area contributed by atoms with E-state index in [2.05, 4.69) is 14.9 Å². The number of alkyl halides is 3. The number of nitrogens with zero attached hydrogens (tertiary/aromatic N) is 4. The van der Waals surface area contributed by atoms with E-state index in [1.807, 2.05) is 13.1 Å². The van der Waals surface area contributed by atoms with Crippen LogP contribution in [0.2, 0.25) is 0 Å². The van der Waals surface area contributed by atoms with Crippen LogP contribution in [0.15, 0.2) is 53.6 Å². The molecule has 31 heavy (non-hydrogen) atoms. The summed E-state index contributed by atoms with van der Waals surface area (Å²) in [7, 11) is 1.98. The molecule has 5 heterocycles. The van der Waals surface area contributed by atoms with Crippen molar-refractivity contribution in [2.45, 2.75) is 19.1 Å². The predicted octanol–water partition coefficient (Wildman–Crippen LogP) is 3.45. The third-order valence-corrected chi connectivity index (χ3v) is 5.65. The van der Waals surface area contributed by atoms with Crippen LogP contribution in [0.5, 0.6) is 0 Å². The highest BCUT2D eigenvalue weighted by Crippen LogP contribution is 2.29. The summed E-state index contributed by atoms with van der Waals surface area (Å²) in [4.78, 5) is 20.9. The maximum Gasteiger partial charge on any atom is 0.433 e. The monoisotopic (exact) mass is 425 g/mol. The standard InChI is InChI=1S/C22H18F3N5O/c1-29-17-6-8-26-12-16(17)15-3-5-19(28-21(15)29)30-9-7-13(10-20(30)31)14-2-4-18(27-11-14)22(23,24)25/h2-5,7,9-11,26H,6,8,12H2,1H3. The van der Waals surface area contributed by atoms with Crippen LogP contribution in [-0.2, 0) is 26.2 Å². The van der Waals surface area contributed by atoms with Gasteiger partial charge in [-0.25, -0.2) is 4.98 Å². The zero-order valence-corrected chi connectivity index (χ0v) is 16.6. The average Bonchev–Trinajstić information content (AvgIpc) is 3.05. The summed E-state index contributed by atoms with van der Waals surface area (Å²) in [5.74, 6) is 0.487. The van der Waals surface area contributed by atoms with Gasteiger partial charge in [-0.2, -0.15) is 13.2 Å². The molecule has 0 saturated carbocycles. The Bertz CT molecular complexity index is 1350. The number of rotatable bonds is 2. The van der Waals surface area contributed by atoms with Gasteiger partial charge < -0.3 is 9.88 Å². The molecule has 4 aromatic rings. The molecule has 1 aliphatic heterocycles. The third kappa shape index (κ3) is 3.31. The maximum absolute atomic E-state index is 12.8. The molecule has 0 radical (unpaired) electrons.